The highest BCUT2D eigenvalue weighted by Gasteiger charge is 2.14. The summed E-state index contributed by atoms with van der Waals surface area (Å²) in [4.78, 5) is 3.91. The highest BCUT2D eigenvalue weighted by Crippen LogP contribution is 2.21. The minimum atomic E-state index is -0.229. The van der Waals surface area contributed by atoms with E-state index in [0.29, 0.717) is 0 Å². The second kappa shape index (κ2) is 8.55. The van der Waals surface area contributed by atoms with Crippen molar-refractivity contribution in [1.82, 2.24) is 20.0 Å². The molecule has 1 N–H and O–H groups in total. The van der Waals surface area contributed by atoms with Gasteiger partial charge in [0.1, 0.15) is 5.82 Å². The van der Waals surface area contributed by atoms with Crippen molar-refractivity contribution >= 4 is 11.3 Å². The normalized spacial score (nSPS) is 14.8. The number of halogens is 1. The molecule has 4 rings (SSSR count). The third kappa shape index (κ3) is 4.35. The highest BCUT2D eigenvalue weighted by atomic mass is 32.1. The summed E-state index contributed by atoms with van der Waals surface area (Å²) in [5.74, 6) is -0.229. The molecule has 2 aromatic heterocycles. The van der Waals surface area contributed by atoms with E-state index in [1.165, 1.54) is 54.1 Å². The third-order valence-corrected chi connectivity index (χ3v) is 6.41. The molecule has 0 unspecified atom stereocenters. The zero-order chi connectivity index (χ0) is 19.5. The summed E-state index contributed by atoms with van der Waals surface area (Å²) in [6.07, 6.45) is 2.67. The maximum absolute atomic E-state index is 13.2. The zero-order valence-electron chi connectivity index (χ0n) is 16.5. The fourth-order valence-corrected chi connectivity index (χ4v) is 4.73. The largest absolute Gasteiger partial charge is 0.308 e. The molecule has 1 aromatic carbocycles. The van der Waals surface area contributed by atoms with Gasteiger partial charge in [0.05, 0.1) is 11.4 Å². The van der Waals surface area contributed by atoms with Crippen molar-refractivity contribution < 1.29 is 4.39 Å². The maximum atomic E-state index is 13.2. The lowest BCUT2D eigenvalue weighted by atomic mass is 10.2. The smallest absolute Gasteiger partial charge is 0.123 e. The summed E-state index contributed by atoms with van der Waals surface area (Å²) >= 11 is 1.83. The van der Waals surface area contributed by atoms with Crippen LogP contribution in [-0.2, 0) is 19.6 Å². The molecule has 0 aliphatic carbocycles. The number of aromatic nitrogens is 2. The van der Waals surface area contributed by atoms with E-state index in [1.807, 2.05) is 22.9 Å². The molecule has 6 heteroatoms. The average molecular weight is 399 g/mol. The summed E-state index contributed by atoms with van der Waals surface area (Å²) in [6, 6.07) is 8.80. The van der Waals surface area contributed by atoms with Gasteiger partial charge in [-0.1, -0.05) is 0 Å². The lowest BCUT2D eigenvalue weighted by molar-refractivity contribution is 0.332. The zero-order valence-corrected chi connectivity index (χ0v) is 17.4. The SMILES string of the molecule is Cc1nn(-c2ccc(F)cc2)c(C)c1CNCc1cc(CN2CCCC2)cs1. The molecule has 1 fully saturated rings. The predicted molar refractivity (Wildman–Crippen MR) is 112 cm³/mol. The standard InChI is InChI=1S/C22H27FN4S/c1-16-22(17(2)27(25-16)20-7-5-19(23)6-8-20)13-24-12-21-11-18(15-28-21)14-26-9-3-4-10-26/h5-8,11,15,24H,3-4,9-10,12-14H2,1-2H3. The predicted octanol–water partition coefficient (Wildman–Crippen LogP) is 4.58. The van der Waals surface area contributed by atoms with E-state index >= 15 is 0 Å². The number of nitrogens with one attached hydrogen (secondary N) is 1. The summed E-state index contributed by atoms with van der Waals surface area (Å²) in [7, 11) is 0. The molecule has 1 aliphatic rings. The van der Waals surface area contributed by atoms with Crippen LogP contribution in [0.2, 0.25) is 0 Å². The minimum absolute atomic E-state index is 0.229. The van der Waals surface area contributed by atoms with Gasteiger partial charge in [0.15, 0.2) is 0 Å². The second-order valence-corrected chi connectivity index (χ2v) is 8.54. The average Bonchev–Trinajstić information content (AvgIpc) is 3.41. The summed E-state index contributed by atoms with van der Waals surface area (Å²) in [5.41, 5.74) is 5.63. The van der Waals surface area contributed by atoms with Crippen LogP contribution in [0.15, 0.2) is 35.7 Å². The molecule has 148 valence electrons. The van der Waals surface area contributed by atoms with Gasteiger partial charge in [-0.2, -0.15) is 5.10 Å². The lowest BCUT2D eigenvalue weighted by Crippen LogP contribution is -2.17. The first-order chi connectivity index (χ1) is 13.6. The van der Waals surface area contributed by atoms with E-state index in [-0.39, 0.29) is 5.82 Å². The van der Waals surface area contributed by atoms with Crippen LogP contribution in [0.3, 0.4) is 0 Å². The lowest BCUT2D eigenvalue weighted by Gasteiger charge is -2.12. The van der Waals surface area contributed by atoms with Crippen molar-refractivity contribution in [2.75, 3.05) is 13.1 Å². The number of hydrogen-bond acceptors (Lipinski definition) is 4. The fourth-order valence-electron chi connectivity index (χ4n) is 3.88. The monoisotopic (exact) mass is 398 g/mol. The molecule has 1 saturated heterocycles. The Morgan fingerprint density at radius 2 is 1.86 bits per heavy atom. The molecule has 3 aromatic rings. The molecule has 0 radical (unpaired) electrons. The topological polar surface area (TPSA) is 33.1 Å². The number of nitrogens with zero attached hydrogens (tertiary/aromatic N) is 3. The molecule has 0 spiro atoms. The van der Waals surface area contributed by atoms with Crippen LogP contribution in [0, 0.1) is 19.7 Å². The number of likely N-dealkylation sites (tertiary alicyclic amines) is 1. The molecular weight excluding hydrogens is 371 g/mol. The van der Waals surface area contributed by atoms with E-state index in [1.54, 1.807) is 12.1 Å². The van der Waals surface area contributed by atoms with E-state index < -0.39 is 0 Å². The Morgan fingerprint density at radius 3 is 2.61 bits per heavy atom. The Balaban J connectivity index is 1.36. The van der Waals surface area contributed by atoms with Crippen LogP contribution in [0.4, 0.5) is 4.39 Å². The van der Waals surface area contributed by atoms with Gasteiger partial charge in [-0.15, -0.1) is 11.3 Å². The Morgan fingerprint density at radius 1 is 1.11 bits per heavy atom. The molecule has 3 heterocycles. The van der Waals surface area contributed by atoms with Gasteiger partial charge in [0, 0.05) is 35.8 Å². The summed E-state index contributed by atoms with van der Waals surface area (Å²) < 4.78 is 15.1. The van der Waals surface area contributed by atoms with Gasteiger partial charge < -0.3 is 5.32 Å². The van der Waals surface area contributed by atoms with E-state index in [9.17, 15) is 4.39 Å². The number of rotatable bonds is 7. The summed E-state index contributed by atoms with van der Waals surface area (Å²) in [5, 5.41) is 10.5. The van der Waals surface area contributed by atoms with Gasteiger partial charge >= 0.3 is 0 Å². The van der Waals surface area contributed by atoms with E-state index in [2.05, 4.69) is 33.7 Å². The molecule has 0 saturated carbocycles. The molecule has 28 heavy (non-hydrogen) atoms. The number of aryl methyl sites for hydroxylation is 1. The highest BCUT2D eigenvalue weighted by molar-refractivity contribution is 7.10. The first-order valence-corrected chi connectivity index (χ1v) is 10.8. The van der Waals surface area contributed by atoms with Crippen LogP contribution in [0.5, 0.6) is 0 Å². The number of benzene rings is 1. The second-order valence-electron chi connectivity index (χ2n) is 7.55. The van der Waals surface area contributed by atoms with Crippen LogP contribution in [-0.4, -0.2) is 27.8 Å². The van der Waals surface area contributed by atoms with Crippen LogP contribution >= 0.6 is 11.3 Å². The van der Waals surface area contributed by atoms with Gasteiger partial charge in [0.2, 0.25) is 0 Å². The number of hydrogen-bond donors (Lipinski definition) is 1. The van der Waals surface area contributed by atoms with Crippen LogP contribution in [0.25, 0.3) is 5.69 Å². The Hall–Kier alpha value is -2.02. The first-order valence-electron chi connectivity index (χ1n) is 9.90. The molecular formula is C22H27FN4S. The molecule has 4 nitrogen and oxygen atoms in total. The van der Waals surface area contributed by atoms with Crippen molar-refractivity contribution in [1.29, 1.82) is 0 Å². The van der Waals surface area contributed by atoms with Crippen molar-refractivity contribution in [3.8, 4) is 5.69 Å². The van der Waals surface area contributed by atoms with Crippen molar-refractivity contribution in [2.45, 2.75) is 46.3 Å². The molecule has 1 aliphatic heterocycles. The first kappa shape index (κ1) is 19.3. The molecule has 0 atom stereocenters. The van der Waals surface area contributed by atoms with Crippen molar-refractivity contribution in [3.63, 3.8) is 0 Å². The Kier molecular flexibility index (Phi) is 5.90. The maximum Gasteiger partial charge on any atom is 0.123 e. The quantitative estimate of drug-likeness (QED) is 0.633. The van der Waals surface area contributed by atoms with Crippen molar-refractivity contribution in [2.24, 2.45) is 0 Å². The van der Waals surface area contributed by atoms with Gasteiger partial charge in [-0.3, -0.25) is 4.90 Å². The van der Waals surface area contributed by atoms with E-state index in [4.69, 9.17) is 0 Å². The van der Waals surface area contributed by atoms with Crippen molar-refractivity contribution in [3.05, 3.63) is 68.9 Å². The van der Waals surface area contributed by atoms with Crippen LogP contribution in [0.1, 0.15) is 40.2 Å². The van der Waals surface area contributed by atoms with Gasteiger partial charge in [-0.25, -0.2) is 9.07 Å². The fraction of sp³-hybridized carbons (Fsp3) is 0.409. The molecule has 0 bridgehead atoms. The van der Waals surface area contributed by atoms with E-state index in [0.717, 1.165) is 36.7 Å². The third-order valence-electron chi connectivity index (χ3n) is 5.43. The number of thiophene rings is 1. The van der Waals surface area contributed by atoms with Gasteiger partial charge in [0.25, 0.3) is 0 Å². The van der Waals surface area contributed by atoms with Crippen LogP contribution < -0.4 is 5.32 Å². The van der Waals surface area contributed by atoms with Gasteiger partial charge in [-0.05, 0) is 81.1 Å². The Labute approximate surface area is 170 Å². The minimum Gasteiger partial charge on any atom is -0.308 e. The Bertz CT molecular complexity index is 923. The molecule has 0 amide bonds. The summed E-state index contributed by atoms with van der Waals surface area (Å²) in [6.45, 7) is 9.30.